The van der Waals surface area contributed by atoms with E-state index in [2.05, 4.69) is 5.10 Å². The van der Waals surface area contributed by atoms with E-state index >= 15 is 0 Å². The molecule has 2 N–H and O–H groups in total. The zero-order valence-electron chi connectivity index (χ0n) is 8.16. The Morgan fingerprint density at radius 2 is 2.14 bits per heavy atom. The zero-order chi connectivity index (χ0) is 10.3. The second-order valence-corrected chi connectivity index (χ2v) is 3.93. The maximum Gasteiger partial charge on any atom is 0.135 e. The van der Waals surface area contributed by atoms with Crippen molar-refractivity contribution in [2.45, 2.75) is 19.9 Å². The first-order valence-corrected chi connectivity index (χ1v) is 4.91. The molecule has 0 unspecified atom stereocenters. The van der Waals surface area contributed by atoms with Crippen molar-refractivity contribution < 1.29 is 0 Å². The van der Waals surface area contributed by atoms with E-state index in [1.165, 1.54) is 0 Å². The van der Waals surface area contributed by atoms with E-state index in [1.54, 1.807) is 4.68 Å². The van der Waals surface area contributed by atoms with Gasteiger partial charge in [-0.3, -0.25) is 4.68 Å². The first-order chi connectivity index (χ1) is 6.61. The van der Waals surface area contributed by atoms with Crippen LogP contribution in [0, 0.1) is 0 Å². The van der Waals surface area contributed by atoms with Crippen LogP contribution in [-0.2, 0) is 0 Å². The summed E-state index contributed by atoms with van der Waals surface area (Å²) in [6.07, 6.45) is 0. The molecule has 0 saturated carbocycles. The van der Waals surface area contributed by atoms with Crippen molar-refractivity contribution in [1.29, 1.82) is 0 Å². The van der Waals surface area contributed by atoms with Gasteiger partial charge in [-0.2, -0.15) is 5.10 Å². The van der Waals surface area contributed by atoms with Crippen molar-refractivity contribution in [2.24, 2.45) is 0 Å². The van der Waals surface area contributed by atoms with Crippen LogP contribution < -0.4 is 5.73 Å². The summed E-state index contributed by atoms with van der Waals surface area (Å²) in [6, 6.07) is 5.89. The molecule has 0 spiro atoms. The molecule has 74 valence electrons. The van der Waals surface area contributed by atoms with Crippen molar-refractivity contribution in [3.63, 3.8) is 0 Å². The molecule has 0 bridgehead atoms. The summed E-state index contributed by atoms with van der Waals surface area (Å²) in [5, 5.41) is 5.94. The summed E-state index contributed by atoms with van der Waals surface area (Å²) < 4.78 is 1.78. The first-order valence-electron chi connectivity index (χ1n) is 4.53. The quantitative estimate of drug-likeness (QED) is 0.734. The lowest BCUT2D eigenvalue weighted by molar-refractivity contribution is 0.538. The van der Waals surface area contributed by atoms with Gasteiger partial charge in [0, 0.05) is 11.4 Å². The number of fused-ring (bicyclic) bond motifs is 1. The second-order valence-electron chi connectivity index (χ2n) is 3.57. The number of nitrogens with two attached hydrogens (primary N) is 1. The topological polar surface area (TPSA) is 43.8 Å². The number of aromatic nitrogens is 2. The Bertz CT molecular complexity index is 473. The first kappa shape index (κ1) is 9.34. The summed E-state index contributed by atoms with van der Waals surface area (Å²) in [7, 11) is 0. The summed E-state index contributed by atoms with van der Waals surface area (Å²) in [6.45, 7) is 4.07. The molecule has 0 radical (unpaired) electrons. The van der Waals surface area contributed by atoms with Crippen molar-refractivity contribution in [3.05, 3.63) is 23.4 Å². The molecule has 1 aromatic carbocycles. The number of benzene rings is 1. The van der Waals surface area contributed by atoms with Gasteiger partial charge in [0.2, 0.25) is 0 Å². The highest BCUT2D eigenvalue weighted by Gasteiger charge is 2.12. The molecule has 2 aromatic rings. The lowest BCUT2D eigenvalue weighted by atomic mass is 10.2. The molecule has 14 heavy (non-hydrogen) atoms. The molecule has 0 atom stereocenters. The maximum absolute atomic E-state index is 6.17. The smallest absolute Gasteiger partial charge is 0.135 e. The van der Waals surface area contributed by atoms with Gasteiger partial charge >= 0.3 is 0 Å². The van der Waals surface area contributed by atoms with Crippen LogP contribution in [0.2, 0.25) is 5.15 Å². The van der Waals surface area contributed by atoms with E-state index in [4.69, 9.17) is 17.3 Å². The number of nitrogens with zero attached hydrogens (tertiary/aromatic N) is 2. The number of halogens is 1. The number of nitrogen functional groups attached to an aromatic ring is 1. The predicted octanol–water partition coefficient (Wildman–Crippen LogP) is 2.85. The van der Waals surface area contributed by atoms with Gasteiger partial charge in [0.05, 0.1) is 5.69 Å². The molecular weight excluding hydrogens is 198 g/mol. The van der Waals surface area contributed by atoms with E-state index in [0.29, 0.717) is 10.8 Å². The minimum absolute atomic E-state index is 0.245. The highest BCUT2D eigenvalue weighted by atomic mass is 35.5. The minimum atomic E-state index is 0.245. The average molecular weight is 210 g/mol. The van der Waals surface area contributed by atoms with Crippen LogP contribution >= 0.6 is 11.6 Å². The fraction of sp³-hybridized carbons (Fsp3) is 0.300. The van der Waals surface area contributed by atoms with Crippen LogP contribution in [0.4, 0.5) is 5.69 Å². The Hall–Kier alpha value is -1.22. The monoisotopic (exact) mass is 209 g/mol. The lowest BCUT2D eigenvalue weighted by Crippen LogP contribution is -2.02. The van der Waals surface area contributed by atoms with Crippen molar-refractivity contribution >= 4 is 28.2 Å². The number of hydrogen-bond donors (Lipinski definition) is 1. The third kappa shape index (κ3) is 1.24. The molecule has 1 aromatic heterocycles. The third-order valence-electron chi connectivity index (χ3n) is 2.19. The van der Waals surface area contributed by atoms with Gasteiger partial charge < -0.3 is 5.73 Å². The van der Waals surface area contributed by atoms with Gasteiger partial charge in [-0.05, 0) is 26.0 Å². The van der Waals surface area contributed by atoms with Gasteiger partial charge in [0.1, 0.15) is 10.7 Å². The van der Waals surface area contributed by atoms with E-state index in [1.807, 2.05) is 32.0 Å². The lowest BCUT2D eigenvalue weighted by Gasteiger charge is -2.05. The van der Waals surface area contributed by atoms with E-state index < -0.39 is 0 Å². The molecular formula is C10H12ClN3. The highest BCUT2D eigenvalue weighted by molar-refractivity contribution is 6.34. The SMILES string of the molecule is CC(C)n1nc2c(N)cccc2c1Cl. The standard InChI is InChI=1S/C10H12ClN3/c1-6(2)14-10(11)7-4-3-5-8(12)9(7)13-14/h3-6H,12H2,1-2H3. The number of rotatable bonds is 1. The van der Waals surface area contributed by atoms with Gasteiger partial charge in [-0.15, -0.1) is 0 Å². The zero-order valence-corrected chi connectivity index (χ0v) is 8.92. The van der Waals surface area contributed by atoms with E-state index in [9.17, 15) is 0 Å². The molecule has 2 rings (SSSR count). The van der Waals surface area contributed by atoms with Crippen molar-refractivity contribution in [3.8, 4) is 0 Å². The molecule has 0 aliphatic carbocycles. The molecule has 0 saturated heterocycles. The maximum atomic E-state index is 6.17. The number of anilines is 1. The van der Waals surface area contributed by atoms with Crippen LogP contribution in [-0.4, -0.2) is 9.78 Å². The Balaban J connectivity index is 2.80. The fourth-order valence-electron chi connectivity index (χ4n) is 1.46. The largest absolute Gasteiger partial charge is 0.397 e. The summed E-state index contributed by atoms with van der Waals surface area (Å²) in [5.74, 6) is 0. The van der Waals surface area contributed by atoms with Gasteiger partial charge in [0.25, 0.3) is 0 Å². The highest BCUT2D eigenvalue weighted by Crippen LogP contribution is 2.28. The predicted molar refractivity (Wildman–Crippen MR) is 59.5 cm³/mol. The summed E-state index contributed by atoms with van der Waals surface area (Å²) in [4.78, 5) is 0. The molecule has 0 fully saturated rings. The van der Waals surface area contributed by atoms with Crippen molar-refractivity contribution in [1.82, 2.24) is 9.78 Å². The van der Waals surface area contributed by atoms with Crippen LogP contribution in [0.1, 0.15) is 19.9 Å². The van der Waals surface area contributed by atoms with Gasteiger partial charge in [-0.1, -0.05) is 17.7 Å². The average Bonchev–Trinajstić information content (AvgIpc) is 2.46. The molecule has 0 amide bonds. The van der Waals surface area contributed by atoms with E-state index in [-0.39, 0.29) is 6.04 Å². The van der Waals surface area contributed by atoms with Gasteiger partial charge in [-0.25, -0.2) is 0 Å². The van der Waals surface area contributed by atoms with Gasteiger partial charge in [0.15, 0.2) is 0 Å². The molecule has 0 aliphatic rings. The number of hydrogen-bond acceptors (Lipinski definition) is 2. The Labute approximate surface area is 87.5 Å². The molecule has 3 nitrogen and oxygen atoms in total. The fourth-order valence-corrected chi connectivity index (χ4v) is 1.84. The Morgan fingerprint density at radius 1 is 1.43 bits per heavy atom. The third-order valence-corrected chi connectivity index (χ3v) is 2.56. The normalized spacial score (nSPS) is 11.4. The molecule has 1 heterocycles. The second kappa shape index (κ2) is 3.17. The van der Waals surface area contributed by atoms with Crippen LogP contribution in [0.5, 0.6) is 0 Å². The summed E-state index contributed by atoms with van der Waals surface area (Å²) in [5.41, 5.74) is 7.26. The Morgan fingerprint density at radius 3 is 2.71 bits per heavy atom. The van der Waals surface area contributed by atoms with Crippen LogP contribution in [0.3, 0.4) is 0 Å². The van der Waals surface area contributed by atoms with Crippen molar-refractivity contribution in [2.75, 3.05) is 5.73 Å². The van der Waals surface area contributed by atoms with Crippen LogP contribution in [0.15, 0.2) is 18.2 Å². The summed E-state index contributed by atoms with van der Waals surface area (Å²) >= 11 is 6.17. The molecule has 0 aliphatic heterocycles. The van der Waals surface area contributed by atoms with Crippen LogP contribution in [0.25, 0.3) is 10.9 Å². The molecule has 4 heteroatoms. The van der Waals surface area contributed by atoms with E-state index in [0.717, 1.165) is 10.9 Å². The minimum Gasteiger partial charge on any atom is -0.397 e. The Kier molecular flexibility index (Phi) is 2.11.